The molecule has 8 heteroatoms. The van der Waals surface area contributed by atoms with Gasteiger partial charge in [-0.05, 0) is 50.2 Å². The highest BCUT2D eigenvalue weighted by Gasteiger charge is 2.20. The summed E-state index contributed by atoms with van der Waals surface area (Å²) in [6.07, 6.45) is -1.09. The third kappa shape index (κ3) is 5.61. The summed E-state index contributed by atoms with van der Waals surface area (Å²) in [7, 11) is 0. The SMILES string of the molecule is Cc1nc(COc2ccc(C(=O)O[C@@H](C)C(=O)Nc3ccccc3F)cc2)cs1. The Bertz CT molecular complexity index is 1000. The summed E-state index contributed by atoms with van der Waals surface area (Å²) >= 11 is 1.55. The van der Waals surface area contributed by atoms with E-state index in [-0.39, 0.29) is 11.3 Å². The molecule has 0 saturated carbocycles. The summed E-state index contributed by atoms with van der Waals surface area (Å²) in [6.45, 7) is 3.68. The third-order valence-electron chi connectivity index (χ3n) is 3.93. The zero-order valence-electron chi connectivity index (χ0n) is 15.8. The van der Waals surface area contributed by atoms with Crippen molar-refractivity contribution >= 4 is 28.9 Å². The number of benzene rings is 2. The number of aromatic nitrogens is 1. The Morgan fingerprint density at radius 1 is 1.17 bits per heavy atom. The largest absolute Gasteiger partial charge is 0.487 e. The van der Waals surface area contributed by atoms with Gasteiger partial charge in [0.15, 0.2) is 6.10 Å². The molecule has 1 atom stereocenters. The van der Waals surface area contributed by atoms with E-state index in [1.54, 1.807) is 41.7 Å². The predicted molar refractivity (Wildman–Crippen MR) is 108 cm³/mol. The molecule has 0 unspecified atom stereocenters. The highest BCUT2D eigenvalue weighted by molar-refractivity contribution is 7.09. The number of halogens is 1. The number of para-hydroxylation sites is 1. The van der Waals surface area contributed by atoms with Crippen molar-refractivity contribution in [2.45, 2.75) is 26.6 Å². The quantitative estimate of drug-likeness (QED) is 0.582. The first-order chi connectivity index (χ1) is 13.9. The average Bonchev–Trinajstić information content (AvgIpc) is 3.13. The number of anilines is 1. The predicted octanol–water partition coefficient (Wildman–Crippen LogP) is 4.35. The zero-order valence-corrected chi connectivity index (χ0v) is 16.7. The molecule has 1 aromatic heterocycles. The minimum atomic E-state index is -1.09. The van der Waals surface area contributed by atoms with Gasteiger partial charge in [0, 0.05) is 5.38 Å². The highest BCUT2D eigenvalue weighted by Crippen LogP contribution is 2.17. The lowest BCUT2D eigenvalue weighted by Gasteiger charge is -2.14. The van der Waals surface area contributed by atoms with Gasteiger partial charge in [0.2, 0.25) is 0 Å². The van der Waals surface area contributed by atoms with E-state index in [0.29, 0.717) is 12.4 Å². The van der Waals surface area contributed by atoms with Crippen LogP contribution in [-0.2, 0) is 16.1 Å². The van der Waals surface area contributed by atoms with Crippen LogP contribution in [0.5, 0.6) is 5.75 Å². The van der Waals surface area contributed by atoms with Crippen LogP contribution in [0.25, 0.3) is 0 Å². The van der Waals surface area contributed by atoms with Gasteiger partial charge in [-0.1, -0.05) is 12.1 Å². The Balaban J connectivity index is 1.53. The number of nitrogens with one attached hydrogen (secondary N) is 1. The van der Waals surface area contributed by atoms with Crippen molar-refractivity contribution in [3.8, 4) is 5.75 Å². The number of carbonyl (C=O) groups is 2. The molecule has 0 aliphatic carbocycles. The minimum absolute atomic E-state index is 0.0252. The second-order valence-corrected chi connectivity index (χ2v) is 7.25. The number of thiazole rings is 1. The monoisotopic (exact) mass is 414 g/mol. The summed E-state index contributed by atoms with van der Waals surface area (Å²) in [5, 5.41) is 5.29. The number of carbonyl (C=O) groups excluding carboxylic acids is 2. The molecular formula is C21H19FN2O4S. The Morgan fingerprint density at radius 3 is 2.55 bits per heavy atom. The van der Waals surface area contributed by atoms with Gasteiger partial charge in [-0.2, -0.15) is 0 Å². The van der Waals surface area contributed by atoms with Crippen molar-refractivity contribution in [1.82, 2.24) is 4.98 Å². The molecule has 0 aliphatic heterocycles. The average molecular weight is 414 g/mol. The van der Waals surface area contributed by atoms with Gasteiger partial charge in [0.25, 0.3) is 5.91 Å². The molecular weight excluding hydrogens is 395 g/mol. The molecule has 2 aromatic carbocycles. The first-order valence-corrected chi connectivity index (χ1v) is 9.70. The summed E-state index contributed by atoms with van der Waals surface area (Å²) in [4.78, 5) is 28.7. The maximum Gasteiger partial charge on any atom is 0.338 e. The summed E-state index contributed by atoms with van der Waals surface area (Å²) in [5.74, 6) is -1.27. The number of hydrogen-bond acceptors (Lipinski definition) is 6. The molecule has 150 valence electrons. The molecule has 6 nitrogen and oxygen atoms in total. The van der Waals surface area contributed by atoms with Gasteiger partial charge in [0.1, 0.15) is 18.2 Å². The van der Waals surface area contributed by atoms with E-state index in [4.69, 9.17) is 9.47 Å². The van der Waals surface area contributed by atoms with E-state index >= 15 is 0 Å². The lowest BCUT2D eigenvalue weighted by molar-refractivity contribution is -0.123. The van der Waals surface area contributed by atoms with E-state index in [1.165, 1.54) is 25.1 Å². The molecule has 0 radical (unpaired) electrons. The summed E-state index contributed by atoms with van der Waals surface area (Å²) in [6, 6.07) is 12.1. The van der Waals surface area contributed by atoms with Gasteiger partial charge in [-0.15, -0.1) is 11.3 Å². The van der Waals surface area contributed by atoms with Gasteiger partial charge in [0.05, 0.1) is 22.0 Å². The molecule has 1 heterocycles. The second kappa shape index (κ2) is 9.29. The number of esters is 1. The number of hydrogen-bond donors (Lipinski definition) is 1. The van der Waals surface area contributed by atoms with Crippen LogP contribution in [0.3, 0.4) is 0 Å². The highest BCUT2D eigenvalue weighted by atomic mass is 32.1. The van der Waals surface area contributed by atoms with Crippen molar-refractivity contribution < 1.29 is 23.5 Å². The zero-order chi connectivity index (χ0) is 20.8. The van der Waals surface area contributed by atoms with Gasteiger partial charge < -0.3 is 14.8 Å². The fourth-order valence-corrected chi connectivity index (χ4v) is 3.00. The smallest absolute Gasteiger partial charge is 0.338 e. The van der Waals surface area contributed by atoms with Crippen LogP contribution in [0, 0.1) is 12.7 Å². The fraction of sp³-hybridized carbons (Fsp3) is 0.190. The standard InChI is InChI=1S/C21H19FN2O4S/c1-13(20(25)24-19-6-4-3-5-18(19)22)28-21(26)15-7-9-17(10-8-15)27-11-16-12-29-14(2)23-16/h3-10,12-13H,11H2,1-2H3,(H,24,25)/t13-/m0/s1. The summed E-state index contributed by atoms with van der Waals surface area (Å²) < 4.78 is 24.4. The van der Waals surface area contributed by atoms with E-state index < -0.39 is 23.8 Å². The van der Waals surface area contributed by atoms with E-state index in [2.05, 4.69) is 10.3 Å². The molecule has 3 aromatic rings. The molecule has 3 rings (SSSR count). The first-order valence-electron chi connectivity index (χ1n) is 8.82. The Labute approximate surface area is 171 Å². The van der Waals surface area contributed by atoms with Crippen LogP contribution < -0.4 is 10.1 Å². The first kappa shape index (κ1) is 20.5. The third-order valence-corrected chi connectivity index (χ3v) is 4.75. The maximum absolute atomic E-state index is 13.6. The van der Waals surface area contributed by atoms with Gasteiger partial charge in [-0.3, -0.25) is 4.79 Å². The summed E-state index contributed by atoms with van der Waals surface area (Å²) in [5.41, 5.74) is 1.13. The number of ether oxygens (including phenoxy) is 2. The van der Waals surface area contributed by atoms with Crippen molar-refractivity contribution in [2.75, 3.05) is 5.32 Å². The molecule has 0 saturated heterocycles. The molecule has 0 bridgehead atoms. The van der Waals surface area contributed by atoms with Crippen LogP contribution >= 0.6 is 11.3 Å². The topological polar surface area (TPSA) is 77.5 Å². The number of aryl methyl sites for hydroxylation is 1. The Morgan fingerprint density at radius 2 is 1.90 bits per heavy atom. The van der Waals surface area contributed by atoms with Crippen molar-refractivity contribution in [3.63, 3.8) is 0 Å². The van der Waals surface area contributed by atoms with E-state index in [9.17, 15) is 14.0 Å². The lowest BCUT2D eigenvalue weighted by atomic mass is 10.2. The lowest BCUT2D eigenvalue weighted by Crippen LogP contribution is -2.30. The molecule has 29 heavy (non-hydrogen) atoms. The molecule has 1 amide bonds. The van der Waals surface area contributed by atoms with Crippen LogP contribution in [-0.4, -0.2) is 23.0 Å². The van der Waals surface area contributed by atoms with E-state index in [0.717, 1.165) is 10.7 Å². The van der Waals surface area contributed by atoms with Crippen LogP contribution in [0.4, 0.5) is 10.1 Å². The van der Waals surface area contributed by atoms with Gasteiger partial charge >= 0.3 is 5.97 Å². The van der Waals surface area contributed by atoms with Crippen molar-refractivity contribution in [2.24, 2.45) is 0 Å². The number of nitrogens with zero attached hydrogens (tertiary/aromatic N) is 1. The van der Waals surface area contributed by atoms with Crippen molar-refractivity contribution in [3.05, 3.63) is 76.0 Å². The maximum atomic E-state index is 13.6. The Kier molecular flexibility index (Phi) is 6.56. The molecule has 0 fully saturated rings. The van der Waals surface area contributed by atoms with Crippen LogP contribution in [0.1, 0.15) is 28.0 Å². The fourth-order valence-electron chi connectivity index (χ4n) is 2.40. The van der Waals surface area contributed by atoms with Crippen LogP contribution in [0.2, 0.25) is 0 Å². The minimum Gasteiger partial charge on any atom is -0.487 e. The Hall–Kier alpha value is -3.26. The van der Waals surface area contributed by atoms with E-state index in [1.807, 2.05) is 12.3 Å². The number of rotatable bonds is 7. The number of amides is 1. The normalized spacial score (nSPS) is 11.6. The second-order valence-electron chi connectivity index (χ2n) is 6.19. The molecule has 0 aliphatic rings. The van der Waals surface area contributed by atoms with Gasteiger partial charge in [-0.25, -0.2) is 14.2 Å². The van der Waals surface area contributed by atoms with Crippen molar-refractivity contribution in [1.29, 1.82) is 0 Å². The molecule has 0 spiro atoms. The van der Waals surface area contributed by atoms with Crippen LogP contribution in [0.15, 0.2) is 53.9 Å². The molecule has 1 N–H and O–H groups in total.